The van der Waals surface area contributed by atoms with Gasteiger partial charge in [0.2, 0.25) is 5.91 Å². The van der Waals surface area contributed by atoms with Crippen LogP contribution in [0.25, 0.3) is 0 Å². The second-order valence-corrected chi connectivity index (χ2v) is 9.28. The summed E-state index contributed by atoms with van der Waals surface area (Å²) in [5.74, 6) is 5.52. The van der Waals surface area contributed by atoms with Crippen LogP contribution in [0.2, 0.25) is 0 Å². The molecule has 0 saturated heterocycles. The van der Waals surface area contributed by atoms with Crippen molar-refractivity contribution >= 4 is 35.0 Å². The minimum Gasteiger partial charge on any atom is -1.00 e. The van der Waals surface area contributed by atoms with Gasteiger partial charge >= 0.3 is 10.7 Å². The molecule has 4 aromatic rings. The van der Waals surface area contributed by atoms with Gasteiger partial charge in [-0.3, -0.25) is 15.4 Å². The van der Waals surface area contributed by atoms with Crippen LogP contribution < -0.4 is 39.1 Å². The predicted molar refractivity (Wildman–Crippen MR) is 144 cm³/mol. The highest BCUT2D eigenvalue weighted by Gasteiger charge is 2.26. The average Bonchev–Trinajstić information content (AvgIpc) is 2.89. The van der Waals surface area contributed by atoms with Gasteiger partial charge in [0.1, 0.15) is 0 Å². The number of thioether (sulfide) groups is 1. The van der Waals surface area contributed by atoms with Crippen molar-refractivity contribution in [3.8, 4) is 0 Å². The summed E-state index contributed by atoms with van der Waals surface area (Å²) in [5, 5.41) is 10.3. The van der Waals surface area contributed by atoms with E-state index in [1.165, 1.54) is 4.68 Å². The van der Waals surface area contributed by atoms with Gasteiger partial charge in [-0.2, -0.15) is 0 Å². The monoisotopic (exact) mass is 550 g/mol. The van der Waals surface area contributed by atoms with Gasteiger partial charge in [-0.05, 0) is 48.5 Å². The molecule has 38 heavy (non-hydrogen) atoms. The zero-order valence-corrected chi connectivity index (χ0v) is 22.2. The Labute approximate surface area is 230 Å². The topological polar surface area (TPSA) is 123 Å². The number of nitrogens with two attached hydrogens (primary N) is 1. The van der Waals surface area contributed by atoms with E-state index in [0.717, 1.165) is 27.6 Å². The molecule has 0 aliphatic heterocycles. The molecule has 0 atom stereocenters. The molecule has 0 unspecified atom stereocenters. The molecule has 11 heteroatoms. The van der Waals surface area contributed by atoms with Crippen LogP contribution >= 0.6 is 11.8 Å². The number of aromatic nitrogens is 3. The Bertz CT molecular complexity index is 1450. The Morgan fingerprint density at radius 3 is 2.03 bits per heavy atom. The average molecular weight is 551 g/mol. The van der Waals surface area contributed by atoms with Crippen molar-refractivity contribution in [1.29, 1.82) is 0 Å². The van der Waals surface area contributed by atoms with Crippen LogP contribution in [0.15, 0.2) is 94.9 Å². The van der Waals surface area contributed by atoms with Crippen molar-refractivity contribution in [2.45, 2.75) is 25.0 Å². The van der Waals surface area contributed by atoms with Crippen LogP contribution in [0.3, 0.4) is 0 Å². The van der Waals surface area contributed by atoms with Crippen LogP contribution in [-0.4, -0.2) is 27.3 Å². The third kappa shape index (κ3) is 7.67. The number of benzene rings is 3. The largest absolute Gasteiger partial charge is 1.00 e. The van der Waals surface area contributed by atoms with Crippen molar-refractivity contribution in [1.82, 2.24) is 9.77 Å². The lowest BCUT2D eigenvalue weighted by Gasteiger charge is -2.10. The summed E-state index contributed by atoms with van der Waals surface area (Å²) in [6.45, 7) is 1.78. The quantitative estimate of drug-likeness (QED) is 0.147. The van der Waals surface area contributed by atoms with Crippen LogP contribution in [0.4, 0.5) is 11.4 Å². The molecule has 3 aromatic carbocycles. The maximum Gasteiger partial charge on any atom is 0.383 e. The van der Waals surface area contributed by atoms with E-state index in [1.54, 1.807) is 24.3 Å². The Morgan fingerprint density at radius 2 is 1.45 bits per heavy atom. The minimum atomic E-state index is -0.494. The number of anilines is 2. The normalized spacial score (nSPS) is 10.3. The van der Waals surface area contributed by atoms with Crippen LogP contribution in [-0.2, 0) is 22.6 Å². The van der Waals surface area contributed by atoms with E-state index in [1.807, 2.05) is 67.6 Å². The number of hydrogen-bond acceptors (Lipinski definition) is 6. The van der Waals surface area contributed by atoms with E-state index in [-0.39, 0.29) is 53.8 Å². The fraction of sp³-hybridized carbons (Fsp3) is 0.148. The van der Waals surface area contributed by atoms with Gasteiger partial charge in [-0.15, -0.1) is 4.68 Å². The third-order valence-corrected chi connectivity index (χ3v) is 6.44. The number of nitrogen functional groups attached to an aromatic ring is 1. The number of nitrogens with one attached hydrogen (secondary N) is 2. The number of para-hydroxylation sites is 2. The molecule has 0 saturated carbocycles. The van der Waals surface area contributed by atoms with Crippen LogP contribution in [0.1, 0.15) is 16.8 Å². The van der Waals surface area contributed by atoms with E-state index in [0.29, 0.717) is 11.4 Å². The Morgan fingerprint density at radius 1 is 0.895 bits per heavy atom. The number of hydrogen-bond donors (Lipinski definition) is 3. The maximum absolute atomic E-state index is 13.1. The number of rotatable bonds is 9. The van der Waals surface area contributed by atoms with Crippen LogP contribution in [0, 0.1) is 6.92 Å². The minimum absolute atomic E-state index is 0. The van der Waals surface area contributed by atoms with Crippen molar-refractivity contribution in [2.24, 2.45) is 0 Å². The van der Waals surface area contributed by atoms with Gasteiger partial charge in [0.25, 0.3) is 5.91 Å². The first kappa shape index (κ1) is 28.4. The molecule has 0 fully saturated rings. The molecule has 0 radical (unpaired) electrons. The summed E-state index contributed by atoms with van der Waals surface area (Å²) >= 11 is 1.03. The highest BCUT2D eigenvalue weighted by Crippen LogP contribution is 2.14. The van der Waals surface area contributed by atoms with E-state index >= 15 is 0 Å². The maximum atomic E-state index is 13.1. The highest BCUT2D eigenvalue weighted by molar-refractivity contribution is 7.99. The molecule has 9 nitrogen and oxygen atoms in total. The molecule has 0 spiro atoms. The molecule has 0 bridgehead atoms. The number of carbonyl (C=O) groups excluding carboxylic acids is 2. The molecule has 1 heterocycles. The zero-order valence-electron chi connectivity index (χ0n) is 20.6. The van der Waals surface area contributed by atoms with Crippen LogP contribution in [0.5, 0.6) is 0 Å². The first-order chi connectivity index (χ1) is 17.9. The second kappa shape index (κ2) is 13.4. The van der Waals surface area contributed by atoms with Crippen molar-refractivity contribution < 1.29 is 26.7 Å². The van der Waals surface area contributed by atoms with Gasteiger partial charge in [-0.25, -0.2) is 4.79 Å². The summed E-state index contributed by atoms with van der Waals surface area (Å²) in [4.78, 5) is 38.4. The van der Waals surface area contributed by atoms with Gasteiger partial charge in [-0.1, -0.05) is 76.0 Å². The number of carbonyl (C=O) groups is 2. The van der Waals surface area contributed by atoms with E-state index in [4.69, 9.17) is 5.84 Å². The van der Waals surface area contributed by atoms with Crippen molar-refractivity contribution in [3.63, 3.8) is 0 Å². The Balaban J connectivity index is 0.00000400. The summed E-state index contributed by atoms with van der Waals surface area (Å²) in [5.41, 5.74) is 2.97. The molecular weight excluding hydrogens is 524 g/mol. The van der Waals surface area contributed by atoms with Gasteiger partial charge in [0.05, 0.1) is 5.75 Å². The third-order valence-electron chi connectivity index (χ3n) is 5.37. The summed E-state index contributed by atoms with van der Waals surface area (Å²) in [7, 11) is 0. The number of halogens is 1. The number of amides is 2. The summed E-state index contributed by atoms with van der Waals surface area (Å²) < 4.78 is 2.32. The number of nitrogens with zero attached hydrogens (tertiary/aromatic N) is 3. The molecular formula is C27H27ClN6O3S. The fourth-order valence-electron chi connectivity index (χ4n) is 3.55. The first-order valence-electron chi connectivity index (χ1n) is 11.6. The Kier molecular flexibility index (Phi) is 10.0. The van der Waals surface area contributed by atoms with Crippen molar-refractivity contribution in [3.05, 3.63) is 112 Å². The highest BCUT2D eigenvalue weighted by atomic mass is 35.5. The standard InChI is InChI=1S/C27H26N6O3S.ClH/c1-19-12-14-20(15-13-19)16-23-26(36)33(28)27(37-18-25(35)30-22-10-6-3-7-11-22)32(31-23)17-24(34)29-21-8-4-2-5-9-21;/h2-15H,16-18,28H2,1H3,(H-,29,30,34,35);1H. The summed E-state index contributed by atoms with van der Waals surface area (Å²) in [6, 6.07) is 25.8. The van der Waals surface area contributed by atoms with Gasteiger partial charge < -0.3 is 23.0 Å². The van der Waals surface area contributed by atoms with E-state index in [2.05, 4.69) is 15.7 Å². The summed E-state index contributed by atoms with van der Waals surface area (Å²) in [6.07, 6.45) is 0.246. The molecule has 1 aromatic heterocycles. The lowest BCUT2D eigenvalue weighted by molar-refractivity contribution is -0.782. The van der Waals surface area contributed by atoms with Gasteiger partial charge in [0, 0.05) is 17.8 Å². The fourth-order valence-corrected chi connectivity index (χ4v) is 4.35. The second-order valence-electron chi connectivity index (χ2n) is 8.34. The van der Waals surface area contributed by atoms with E-state index in [9.17, 15) is 14.4 Å². The smallest absolute Gasteiger partial charge is 0.383 e. The van der Waals surface area contributed by atoms with Gasteiger partial charge in [0.15, 0.2) is 12.2 Å². The molecule has 4 rings (SSSR count). The predicted octanol–water partition coefficient (Wildman–Crippen LogP) is -0.483. The Hall–Kier alpha value is -4.15. The van der Waals surface area contributed by atoms with Crippen molar-refractivity contribution in [2.75, 3.05) is 22.2 Å². The lowest BCUT2D eigenvalue weighted by atomic mass is 10.1. The molecule has 0 aliphatic rings. The van der Waals surface area contributed by atoms with E-state index < -0.39 is 5.56 Å². The molecule has 4 N–H and O–H groups in total. The molecule has 196 valence electrons. The zero-order chi connectivity index (χ0) is 26.2. The molecule has 0 aliphatic carbocycles. The number of aryl methyl sites for hydroxylation is 1. The molecule has 2 amide bonds. The lowest BCUT2D eigenvalue weighted by Crippen LogP contribution is -3.00. The first-order valence-corrected chi connectivity index (χ1v) is 12.6. The SMILES string of the molecule is Cc1ccc(Cc2n[n+](CC(=O)Nc3ccccc3)c(SCC(=O)Nc3ccccc3)n(N)c2=O)cc1.[Cl-].